The van der Waals surface area contributed by atoms with Crippen LogP contribution < -0.4 is 4.90 Å². The maximum absolute atomic E-state index is 12.6. The second-order valence-corrected chi connectivity index (χ2v) is 6.36. The van der Waals surface area contributed by atoms with Gasteiger partial charge in [-0.2, -0.15) is 13.2 Å². The zero-order chi connectivity index (χ0) is 17.3. The SMILES string of the molecule is CCC(O)(CC)C(=O)N1CCN(c2nnc(C(F)(F)F)s2)CC1. The summed E-state index contributed by atoms with van der Waals surface area (Å²) in [7, 11) is 0. The lowest BCUT2D eigenvalue weighted by Gasteiger charge is -2.38. The van der Waals surface area contributed by atoms with E-state index in [0.717, 1.165) is 0 Å². The first-order valence-electron chi connectivity index (χ1n) is 7.38. The van der Waals surface area contributed by atoms with Gasteiger partial charge in [0, 0.05) is 26.2 Å². The van der Waals surface area contributed by atoms with E-state index < -0.39 is 16.8 Å². The molecule has 2 rings (SSSR count). The molecule has 1 aromatic heterocycles. The summed E-state index contributed by atoms with van der Waals surface area (Å²) < 4.78 is 37.7. The minimum atomic E-state index is -4.49. The summed E-state index contributed by atoms with van der Waals surface area (Å²) in [5.74, 6) is -0.324. The van der Waals surface area contributed by atoms with Crippen LogP contribution in [0.5, 0.6) is 0 Å². The third-order valence-electron chi connectivity index (χ3n) is 4.06. The van der Waals surface area contributed by atoms with Gasteiger partial charge in [-0.15, -0.1) is 10.2 Å². The second kappa shape index (κ2) is 6.60. The Bertz CT molecular complexity index is 552. The highest BCUT2D eigenvalue weighted by Gasteiger charge is 2.38. The molecule has 0 spiro atoms. The van der Waals surface area contributed by atoms with Crippen LogP contribution in [0.2, 0.25) is 0 Å². The molecule has 130 valence electrons. The van der Waals surface area contributed by atoms with E-state index in [4.69, 9.17) is 0 Å². The number of carbonyl (C=O) groups is 1. The van der Waals surface area contributed by atoms with Crippen LogP contribution in [0, 0.1) is 0 Å². The Kier molecular flexibility index (Phi) is 5.14. The third-order valence-corrected chi connectivity index (χ3v) is 5.09. The fourth-order valence-corrected chi connectivity index (χ4v) is 3.17. The summed E-state index contributed by atoms with van der Waals surface area (Å²) in [4.78, 5) is 15.6. The maximum atomic E-state index is 12.6. The van der Waals surface area contributed by atoms with Gasteiger partial charge in [-0.3, -0.25) is 4.79 Å². The smallest absolute Gasteiger partial charge is 0.380 e. The topological polar surface area (TPSA) is 69.6 Å². The number of hydrogen-bond acceptors (Lipinski definition) is 6. The summed E-state index contributed by atoms with van der Waals surface area (Å²) in [6.45, 7) is 4.89. The number of carbonyl (C=O) groups excluding carboxylic acids is 1. The Morgan fingerprint density at radius 1 is 1.17 bits per heavy atom. The van der Waals surface area contributed by atoms with E-state index in [9.17, 15) is 23.1 Å². The number of hydrogen-bond donors (Lipinski definition) is 1. The van der Waals surface area contributed by atoms with Crippen LogP contribution in [0.3, 0.4) is 0 Å². The fourth-order valence-electron chi connectivity index (χ4n) is 2.41. The maximum Gasteiger partial charge on any atom is 0.445 e. The molecule has 1 aromatic rings. The summed E-state index contributed by atoms with van der Waals surface area (Å²) in [5, 5.41) is 16.2. The Labute approximate surface area is 135 Å². The summed E-state index contributed by atoms with van der Waals surface area (Å²) >= 11 is 0.496. The van der Waals surface area contributed by atoms with E-state index >= 15 is 0 Å². The van der Waals surface area contributed by atoms with Crippen LogP contribution in [-0.2, 0) is 11.0 Å². The number of amides is 1. The molecule has 1 saturated heterocycles. The molecule has 1 aliphatic rings. The van der Waals surface area contributed by atoms with Gasteiger partial charge in [0.15, 0.2) is 0 Å². The molecule has 0 bridgehead atoms. The first-order valence-corrected chi connectivity index (χ1v) is 8.20. The summed E-state index contributed by atoms with van der Waals surface area (Å²) in [6.07, 6.45) is -3.84. The molecule has 0 aromatic carbocycles. The largest absolute Gasteiger partial charge is 0.445 e. The van der Waals surface area contributed by atoms with Gasteiger partial charge in [-0.05, 0) is 12.8 Å². The number of aliphatic hydroxyl groups is 1. The molecule has 1 aliphatic heterocycles. The van der Waals surface area contributed by atoms with Crippen molar-refractivity contribution in [1.29, 1.82) is 0 Å². The molecule has 1 fully saturated rings. The van der Waals surface area contributed by atoms with Crippen molar-refractivity contribution in [2.75, 3.05) is 31.1 Å². The van der Waals surface area contributed by atoms with Crippen molar-refractivity contribution in [3.05, 3.63) is 5.01 Å². The lowest BCUT2D eigenvalue weighted by Crippen LogP contribution is -2.55. The monoisotopic (exact) mass is 352 g/mol. The number of rotatable bonds is 4. The van der Waals surface area contributed by atoms with Gasteiger partial charge in [0.25, 0.3) is 5.91 Å². The van der Waals surface area contributed by atoms with Gasteiger partial charge >= 0.3 is 6.18 Å². The minimum Gasteiger partial charge on any atom is -0.380 e. The number of piperazine rings is 1. The van der Waals surface area contributed by atoms with Crippen molar-refractivity contribution in [3.63, 3.8) is 0 Å². The normalized spacial score (nSPS) is 16.8. The summed E-state index contributed by atoms with van der Waals surface area (Å²) in [5.41, 5.74) is -1.37. The van der Waals surface area contributed by atoms with Gasteiger partial charge in [0.1, 0.15) is 5.60 Å². The molecule has 10 heteroatoms. The van der Waals surface area contributed by atoms with Crippen molar-refractivity contribution >= 4 is 22.4 Å². The van der Waals surface area contributed by atoms with E-state index in [1.54, 1.807) is 23.6 Å². The molecule has 2 heterocycles. The first kappa shape index (κ1) is 17.9. The van der Waals surface area contributed by atoms with Gasteiger partial charge in [-0.1, -0.05) is 25.2 Å². The van der Waals surface area contributed by atoms with Crippen molar-refractivity contribution < 1.29 is 23.1 Å². The van der Waals surface area contributed by atoms with Crippen LogP contribution >= 0.6 is 11.3 Å². The Balaban J connectivity index is 1.99. The average Bonchev–Trinajstić information content (AvgIpc) is 3.04. The highest BCUT2D eigenvalue weighted by Crippen LogP contribution is 2.34. The van der Waals surface area contributed by atoms with Gasteiger partial charge in [0.2, 0.25) is 10.1 Å². The average molecular weight is 352 g/mol. The minimum absolute atomic E-state index is 0.200. The molecular formula is C13H19F3N4O2S. The number of alkyl halides is 3. The molecule has 6 nitrogen and oxygen atoms in total. The van der Waals surface area contributed by atoms with Gasteiger partial charge in [0.05, 0.1) is 0 Å². The number of nitrogens with zero attached hydrogens (tertiary/aromatic N) is 4. The van der Waals surface area contributed by atoms with Crippen LogP contribution in [-0.4, -0.2) is 57.9 Å². The highest BCUT2D eigenvalue weighted by molar-refractivity contribution is 7.15. The Morgan fingerprint density at radius 2 is 1.74 bits per heavy atom. The molecule has 0 radical (unpaired) electrons. The molecule has 0 aliphatic carbocycles. The Morgan fingerprint density at radius 3 is 2.17 bits per heavy atom. The third kappa shape index (κ3) is 3.74. The molecular weight excluding hydrogens is 333 g/mol. The lowest BCUT2D eigenvalue weighted by atomic mass is 9.95. The molecule has 0 saturated carbocycles. The van der Waals surface area contributed by atoms with Crippen LogP contribution in [0.4, 0.5) is 18.3 Å². The van der Waals surface area contributed by atoms with Crippen molar-refractivity contribution in [2.45, 2.75) is 38.5 Å². The van der Waals surface area contributed by atoms with E-state index in [1.807, 2.05) is 0 Å². The van der Waals surface area contributed by atoms with Gasteiger partial charge < -0.3 is 14.9 Å². The summed E-state index contributed by atoms with van der Waals surface area (Å²) in [6, 6.07) is 0. The molecule has 0 atom stereocenters. The Hall–Kier alpha value is -1.42. The van der Waals surface area contributed by atoms with Crippen LogP contribution in [0.15, 0.2) is 0 Å². The van der Waals surface area contributed by atoms with Crippen molar-refractivity contribution in [2.24, 2.45) is 0 Å². The predicted molar refractivity (Wildman–Crippen MR) is 79.2 cm³/mol. The number of aromatic nitrogens is 2. The van der Waals surface area contributed by atoms with Crippen LogP contribution in [0.25, 0.3) is 0 Å². The van der Waals surface area contributed by atoms with Crippen LogP contribution in [0.1, 0.15) is 31.7 Å². The van der Waals surface area contributed by atoms with E-state index in [1.165, 1.54) is 0 Å². The van der Waals surface area contributed by atoms with E-state index in [0.29, 0.717) is 50.4 Å². The van der Waals surface area contributed by atoms with E-state index in [2.05, 4.69) is 10.2 Å². The zero-order valence-corrected chi connectivity index (χ0v) is 13.7. The molecule has 0 unspecified atom stereocenters. The van der Waals surface area contributed by atoms with Crippen molar-refractivity contribution in [3.8, 4) is 0 Å². The van der Waals surface area contributed by atoms with Crippen molar-refractivity contribution in [1.82, 2.24) is 15.1 Å². The quantitative estimate of drug-likeness (QED) is 0.894. The van der Waals surface area contributed by atoms with E-state index in [-0.39, 0.29) is 11.0 Å². The fraction of sp³-hybridized carbons (Fsp3) is 0.769. The highest BCUT2D eigenvalue weighted by atomic mass is 32.1. The second-order valence-electron chi connectivity index (χ2n) is 5.41. The zero-order valence-electron chi connectivity index (χ0n) is 12.9. The number of anilines is 1. The molecule has 1 N–H and O–H groups in total. The molecule has 1 amide bonds. The lowest BCUT2D eigenvalue weighted by molar-refractivity contribution is -0.152. The molecule has 23 heavy (non-hydrogen) atoms. The van der Waals surface area contributed by atoms with Gasteiger partial charge in [-0.25, -0.2) is 0 Å². The standard InChI is InChI=1S/C13H19F3N4O2S/c1-3-12(22,4-2)10(21)19-5-7-20(8-6-19)11-18-17-9(23-11)13(14,15)16/h22H,3-8H2,1-2H3. The first-order chi connectivity index (χ1) is 10.7. The number of halogens is 3. The predicted octanol–water partition coefficient (Wildman–Crippen LogP) is 1.76.